The molecule has 0 aromatic heterocycles. The largest absolute Gasteiger partial charge is 0.289 e. The quantitative estimate of drug-likeness (QED) is 0.539. The number of carbonyl (C=O) groups is 2. The third kappa shape index (κ3) is 6.57. The third-order valence-electron chi connectivity index (χ3n) is 3.99. The molecular weight excluding hydrogens is 432 g/mol. The number of hydrazine groups is 2. The van der Waals surface area contributed by atoms with E-state index in [9.17, 15) is 9.59 Å². The summed E-state index contributed by atoms with van der Waals surface area (Å²) in [7, 11) is 3.00. The molecule has 0 saturated carbocycles. The van der Waals surface area contributed by atoms with Gasteiger partial charge in [-0.1, -0.05) is 36.6 Å². The van der Waals surface area contributed by atoms with Crippen LogP contribution in [0.2, 0.25) is 0 Å². The lowest BCUT2D eigenvalue weighted by Gasteiger charge is -2.23. The van der Waals surface area contributed by atoms with Gasteiger partial charge in [-0.05, 0) is 36.4 Å². The summed E-state index contributed by atoms with van der Waals surface area (Å²) in [5.41, 5.74) is 6.94. The highest BCUT2D eigenvalue weighted by molar-refractivity contribution is 7.82. The monoisotopic (exact) mass is 450 g/mol. The van der Waals surface area contributed by atoms with Crippen molar-refractivity contribution in [1.82, 2.24) is 20.9 Å². The second-order valence-corrected chi connectivity index (χ2v) is 7.35. The minimum atomic E-state index is -0.372. The summed E-state index contributed by atoms with van der Waals surface area (Å²) in [5, 5.41) is 20.3. The summed E-state index contributed by atoms with van der Waals surface area (Å²) < 4.78 is 0. The molecule has 10 heteroatoms. The van der Waals surface area contributed by atoms with Gasteiger partial charge in [-0.2, -0.15) is 10.5 Å². The molecule has 2 rings (SSSR count). The molecule has 0 heterocycles. The van der Waals surface area contributed by atoms with E-state index < -0.39 is 0 Å². The highest BCUT2D eigenvalue weighted by Gasteiger charge is 2.16. The van der Waals surface area contributed by atoms with Gasteiger partial charge in [-0.3, -0.25) is 30.5 Å². The maximum absolute atomic E-state index is 12.5. The van der Waals surface area contributed by atoms with Crippen LogP contribution < -0.4 is 10.9 Å². The van der Waals surface area contributed by atoms with Crippen molar-refractivity contribution in [2.75, 3.05) is 14.1 Å². The molecule has 0 radical (unpaired) electrons. The van der Waals surface area contributed by atoms with Crippen LogP contribution in [0.15, 0.2) is 48.5 Å². The van der Waals surface area contributed by atoms with Gasteiger partial charge in [0.15, 0.2) is 0 Å². The molecule has 0 saturated heterocycles. The molecule has 0 atom stereocenters. The molecule has 2 N–H and O–H groups in total. The van der Waals surface area contributed by atoms with Crippen molar-refractivity contribution >= 4 is 46.2 Å². The molecule has 0 unspecified atom stereocenters. The van der Waals surface area contributed by atoms with Crippen LogP contribution in [-0.4, -0.2) is 45.9 Å². The molecule has 8 nitrogen and oxygen atoms in total. The van der Waals surface area contributed by atoms with Gasteiger partial charge in [-0.25, -0.2) is 0 Å². The molecule has 156 valence electrons. The Kier molecular flexibility index (Phi) is 8.15. The number of hydrogen-bond donors (Lipinski definition) is 2. The molecule has 0 fully saturated rings. The predicted octanol–water partition coefficient (Wildman–Crippen LogP) is 2.33. The van der Waals surface area contributed by atoms with Crippen molar-refractivity contribution in [3.05, 3.63) is 70.8 Å². The van der Waals surface area contributed by atoms with Crippen LogP contribution >= 0.6 is 24.4 Å². The van der Waals surface area contributed by atoms with Crippen LogP contribution in [0, 0.1) is 22.7 Å². The van der Waals surface area contributed by atoms with E-state index in [1.54, 1.807) is 36.4 Å². The molecule has 0 aliphatic carbocycles. The average Bonchev–Trinajstić information content (AvgIpc) is 2.77. The summed E-state index contributed by atoms with van der Waals surface area (Å²) in [6.07, 6.45) is 0.0936. The molecule has 0 aliphatic heterocycles. The van der Waals surface area contributed by atoms with Crippen molar-refractivity contribution in [3.63, 3.8) is 0 Å². The van der Waals surface area contributed by atoms with Crippen LogP contribution in [0.3, 0.4) is 0 Å². The number of amides is 2. The Morgan fingerprint density at radius 1 is 0.839 bits per heavy atom. The van der Waals surface area contributed by atoms with Crippen LogP contribution in [0.1, 0.15) is 38.3 Å². The number of rotatable bonds is 4. The predicted molar refractivity (Wildman–Crippen MR) is 123 cm³/mol. The maximum Gasteiger partial charge on any atom is 0.271 e. The van der Waals surface area contributed by atoms with Gasteiger partial charge < -0.3 is 0 Å². The minimum Gasteiger partial charge on any atom is -0.289 e. The van der Waals surface area contributed by atoms with Gasteiger partial charge in [0.2, 0.25) is 0 Å². The van der Waals surface area contributed by atoms with E-state index in [1.807, 2.05) is 12.1 Å². The summed E-state index contributed by atoms with van der Waals surface area (Å²) in [6, 6.07) is 16.6. The number of carbonyl (C=O) groups excluding carboxylic acids is 2. The van der Waals surface area contributed by atoms with Crippen LogP contribution in [0.5, 0.6) is 0 Å². The molecule has 31 heavy (non-hydrogen) atoms. The van der Waals surface area contributed by atoms with E-state index in [0.717, 1.165) is 0 Å². The van der Waals surface area contributed by atoms with Crippen molar-refractivity contribution < 1.29 is 9.59 Å². The molecule has 2 aromatic carbocycles. The molecular formula is C21H18N6O2S2. The fourth-order valence-corrected chi connectivity index (χ4v) is 3.19. The Hall–Kier alpha value is -3.86. The van der Waals surface area contributed by atoms with Gasteiger partial charge in [0.05, 0.1) is 29.7 Å². The van der Waals surface area contributed by atoms with Crippen LogP contribution in [0.25, 0.3) is 0 Å². The minimum absolute atomic E-state index is 0.0936. The first-order valence-corrected chi connectivity index (χ1v) is 9.72. The number of benzene rings is 2. The van der Waals surface area contributed by atoms with Crippen molar-refractivity contribution in [2.24, 2.45) is 0 Å². The third-order valence-corrected chi connectivity index (χ3v) is 4.46. The summed E-state index contributed by atoms with van der Waals surface area (Å²) in [6.45, 7) is 0. The molecule has 0 spiro atoms. The van der Waals surface area contributed by atoms with Gasteiger partial charge in [-0.15, -0.1) is 0 Å². The van der Waals surface area contributed by atoms with E-state index in [2.05, 4.69) is 10.9 Å². The fraction of sp³-hybridized carbons (Fsp3) is 0.143. The van der Waals surface area contributed by atoms with Gasteiger partial charge in [0.25, 0.3) is 11.8 Å². The van der Waals surface area contributed by atoms with Gasteiger partial charge in [0.1, 0.15) is 9.98 Å². The normalized spacial score (nSPS) is 9.55. The van der Waals surface area contributed by atoms with Crippen LogP contribution in [-0.2, 0) is 0 Å². The molecule has 2 aromatic rings. The van der Waals surface area contributed by atoms with E-state index in [1.165, 1.54) is 36.2 Å². The number of nitrogens with one attached hydrogen (secondary N) is 2. The van der Waals surface area contributed by atoms with Crippen molar-refractivity contribution in [2.45, 2.75) is 6.42 Å². The van der Waals surface area contributed by atoms with E-state index in [4.69, 9.17) is 35.0 Å². The number of nitrogens with zero attached hydrogens (tertiary/aromatic N) is 4. The standard InChI is InChI=1S/C21H18N6O2S2/c1-26(20(28)16-7-3-5-14(9-16)12-22)24-18(30)11-19(31)25-27(2)21(29)17-8-4-6-15(10-17)13-23/h3-10H,11H2,1-2H3,(H,24,30)(H,25,31). The molecule has 0 aliphatic rings. The Morgan fingerprint density at radius 3 is 1.58 bits per heavy atom. The molecule has 2 amide bonds. The lowest BCUT2D eigenvalue weighted by molar-refractivity contribution is 0.0755. The lowest BCUT2D eigenvalue weighted by Crippen LogP contribution is -2.46. The summed E-state index contributed by atoms with van der Waals surface area (Å²) in [4.78, 5) is 25.5. The van der Waals surface area contributed by atoms with Crippen molar-refractivity contribution in [3.8, 4) is 12.1 Å². The average molecular weight is 451 g/mol. The maximum atomic E-state index is 12.5. The smallest absolute Gasteiger partial charge is 0.271 e. The SMILES string of the molecule is CN(NC(=S)CC(=S)NN(C)C(=O)c1cccc(C#N)c1)C(=O)c1cccc(C#N)c1. The second-order valence-electron chi connectivity index (χ2n) is 6.36. The van der Waals surface area contributed by atoms with Crippen molar-refractivity contribution in [1.29, 1.82) is 10.5 Å². The van der Waals surface area contributed by atoms with Crippen LogP contribution in [0.4, 0.5) is 0 Å². The van der Waals surface area contributed by atoms with Gasteiger partial charge in [0, 0.05) is 25.2 Å². The van der Waals surface area contributed by atoms with E-state index in [0.29, 0.717) is 22.3 Å². The number of nitriles is 2. The van der Waals surface area contributed by atoms with E-state index in [-0.39, 0.29) is 28.2 Å². The first kappa shape index (κ1) is 23.4. The first-order chi connectivity index (χ1) is 14.7. The van der Waals surface area contributed by atoms with E-state index >= 15 is 0 Å². The Labute approximate surface area is 190 Å². The first-order valence-electron chi connectivity index (χ1n) is 8.90. The summed E-state index contributed by atoms with van der Waals surface area (Å²) in [5.74, 6) is -0.744. The van der Waals surface area contributed by atoms with Gasteiger partial charge >= 0.3 is 0 Å². The lowest BCUT2D eigenvalue weighted by atomic mass is 10.1. The Morgan fingerprint density at radius 2 is 1.23 bits per heavy atom. The fourth-order valence-electron chi connectivity index (χ4n) is 2.53. The Bertz CT molecular complexity index is 1030. The zero-order valence-corrected chi connectivity index (χ0v) is 18.4. The highest BCUT2D eigenvalue weighted by Crippen LogP contribution is 2.08. The second kappa shape index (κ2) is 10.8. The Balaban J connectivity index is 1.90. The number of hydrogen-bond acceptors (Lipinski definition) is 6. The highest BCUT2D eigenvalue weighted by atomic mass is 32.1. The summed E-state index contributed by atoms with van der Waals surface area (Å²) >= 11 is 10.5. The molecule has 0 bridgehead atoms. The topological polar surface area (TPSA) is 112 Å². The zero-order chi connectivity index (χ0) is 23.0. The zero-order valence-electron chi connectivity index (χ0n) is 16.7. The number of thiocarbonyl (C=S) groups is 2.